The van der Waals surface area contributed by atoms with Crippen molar-refractivity contribution in [2.75, 3.05) is 12.4 Å². The van der Waals surface area contributed by atoms with Gasteiger partial charge in [-0.2, -0.15) is 10.1 Å². The van der Waals surface area contributed by atoms with E-state index >= 15 is 0 Å². The smallest absolute Gasteiger partial charge is 0.229 e. The van der Waals surface area contributed by atoms with E-state index in [0.717, 1.165) is 33.5 Å². The van der Waals surface area contributed by atoms with Crippen LogP contribution in [0, 0.1) is 0 Å². The minimum atomic E-state index is 0.0850. The predicted molar refractivity (Wildman–Crippen MR) is 115 cm³/mol. The maximum absolute atomic E-state index is 9.95. The molecule has 0 aliphatic rings. The SMILES string of the molecule is COc1cc(-c2c[nH]c3nc(Nc4ccccc4)nc(-c4cn[nH]c4)c23)ccc1O. The van der Waals surface area contributed by atoms with Crippen LogP contribution in [-0.2, 0) is 0 Å². The standard InChI is InChI=1S/C22H18N6O2/c1-30-18-9-13(7-8-17(18)29)16-12-23-21-19(16)20(14-10-24-25-11-14)27-22(28-21)26-15-5-3-2-4-6-15/h2-12,29H,1H3,(H,24,25)(H2,23,26,27,28). The van der Waals surface area contributed by atoms with Crippen LogP contribution in [0.3, 0.4) is 0 Å². The molecule has 5 aromatic rings. The molecule has 8 heteroatoms. The van der Waals surface area contributed by atoms with Gasteiger partial charge in [0.15, 0.2) is 11.5 Å². The summed E-state index contributed by atoms with van der Waals surface area (Å²) in [5.74, 6) is 0.957. The van der Waals surface area contributed by atoms with Crippen LogP contribution in [0.1, 0.15) is 0 Å². The monoisotopic (exact) mass is 398 g/mol. The van der Waals surface area contributed by atoms with Gasteiger partial charge in [-0.25, -0.2) is 4.98 Å². The van der Waals surface area contributed by atoms with Crippen molar-refractivity contribution in [3.63, 3.8) is 0 Å². The van der Waals surface area contributed by atoms with E-state index in [-0.39, 0.29) is 5.75 Å². The van der Waals surface area contributed by atoms with Gasteiger partial charge < -0.3 is 20.1 Å². The lowest BCUT2D eigenvalue weighted by Gasteiger charge is -2.10. The highest BCUT2D eigenvalue weighted by Gasteiger charge is 2.18. The van der Waals surface area contributed by atoms with Gasteiger partial charge in [-0.1, -0.05) is 24.3 Å². The molecule has 0 unspecified atom stereocenters. The predicted octanol–water partition coefficient (Wildman–Crippen LogP) is 4.47. The van der Waals surface area contributed by atoms with Gasteiger partial charge in [-0.3, -0.25) is 5.10 Å². The second-order valence-electron chi connectivity index (χ2n) is 6.69. The summed E-state index contributed by atoms with van der Waals surface area (Å²) in [5.41, 5.74) is 4.91. The van der Waals surface area contributed by atoms with Crippen LogP contribution in [0.2, 0.25) is 0 Å². The van der Waals surface area contributed by atoms with E-state index in [2.05, 4.69) is 25.5 Å². The summed E-state index contributed by atoms with van der Waals surface area (Å²) in [7, 11) is 1.52. The van der Waals surface area contributed by atoms with Gasteiger partial charge in [-0.05, 0) is 29.8 Å². The molecule has 0 bridgehead atoms. The highest BCUT2D eigenvalue weighted by Crippen LogP contribution is 2.38. The van der Waals surface area contributed by atoms with Crippen LogP contribution in [0.5, 0.6) is 11.5 Å². The molecule has 0 aliphatic carbocycles. The number of fused-ring (bicyclic) bond motifs is 1. The van der Waals surface area contributed by atoms with Crippen LogP contribution in [0.15, 0.2) is 67.1 Å². The Bertz CT molecular complexity index is 1310. The number of anilines is 2. The summed E-state index contributed by atoms with van der Waals surface area (Å²) in [6.07, 6.45) is 5.39. The second-order valence-corrected chi connectivity index (χ2v) is 6.69. The van der Waals surface area contributed by atoms with E-state index in [1.165, 1.54) is 7.11 Å². The van der Waals surface area contributed by atoms with E-state index in [4.69, 9.17) is 9.72 Å². The number of H-pyrrole nitrogens is 2. The molecule has 0 saturated carbocycles. The number of ether oxygens (including phenoxy) is 1. The number of benzene rings is 2. The van der Waals surface area contributed by atoms with Gasteiger partial charge in [-0.15, -0.1) is 0 Å². The van der Waals surface area contributed by atoms with Gasteiger partial charge in [0.25, 0.3) is 0 Å². The fourth-order valence-corrected chi connectivity index (χ4v) is 3.40. The molecule has 3 heterocycles. The first kappa shape index (κ1) is 17.7. The van der Waals surface area contributed by atoms with Crippen molar-refractivity contribution in [2.24, 2.45) is 0 Å². The molecular weight excluding hydrogens is 380 g/mol. The van der Waals surface area contributed by atoms with E-state index < -0.39 is 0 Å². The first-order valence-electron chi connectivity index (χ1n) is 9.30. The number of phenolic OH excluding ortho intramolecular Hbond substituents is 1. The number of phenols is 1. The summed E-state index contributed by atoms with van der Waals surface area (Å²) >= 11 is 0. The Morgan fingerprint density at radius 1 is 1.00 bits per heavy atom. The summed E-state index contributed by atoms with van der Waals surface area (Å²) < 4.78 is 5.27. The number of aromatic nitrogens is 5. The molecule has 0 spiro atoms. The van der Waals surface area contributed by atoms with Crippen LogP contribution >= 0.6 is 0 Å². The minimum absolute atomic E-state index is 0.0850. The molecule has 0 fully saturated rings. The average Bonchev–Trinajstić information content (AvgIpc) is 3.45. The fourth-order valence-electron chi connectivity index (χ4n) is 3.40. The van der Waals surface area contributed by atoms with Gasteiger partial charge in [0.2, 0.25) is 5.95 Å². The van der Waals surface area contributed by atoms with Crippen molar-refractivity contribution in [3.8, 4) is 33.9 Å². The molecule has 8 nitrogen and oxygen atoms in total. The zero-order valence-electron chi connectivity index (χ0n) is 16.0. The molecule has 0 aliphatic heterocycles. The lowest BCUT2D eigenvalue weighted by Crippen LogP contribution is -1.99. The molecule has 30 heavy (non-hydrogen) atoms. The van der Waals surface area contributed by atoms with E-state index in [1.807, 2.05) is 42.6 Å². The number of aromatic hydroxyl groups is 1. The molecular formula is C22H18N6O2. The lowest BCUT2D eigenvalue weighted by atomic mass is 10.0. The number of methoxy groups -OCH3 is 1. The quantitative estimate of drug-likeness (QED) is 0.347. The zero-order chi connectivity index (χ0) is 20.5. The second kappa shape index (κ2) is 7.25. The van der Waals surface area contributed by atoms with Crippen molar-refractivity contribution in [1.29, 1.82) is 0 Å². The Morgan fingerprint density at radius 3 is 2.63 bits per heavy atom. The van der Waals surface area contributed by atoms with E-state index in [1.54, 1.807) is 24.5 Å². The molecule has 2 aromatic carbocycles. The first-order chi connectivity index (χ1) is 14.7. The normalized spacial score (nSPS) is 11.0. The fraction of sp³-hybridized carbons (Fsp3) is 0.0455. The average molecular weight is 398 g/mol. The summed E-state index contributed by atoms with van der Waals surface area (Å²) in [4.78, 5) is 12.7. The largest absolute Gasteiger partial charge is 0.504 e. The van der Waals surface area contributed by atoms with Crippen molar-refractivity contribution < 1.29 is 9.84 Å². The molecule has 5 rings (SSSR count). The van der Waals surface area contributed by atoms with E-state index in [0.29, 0.717) is 17.3 Å². The number of nitrogens with zero attached hydrogens (tertiary/aromatic N) is 3. The van der Waals surface area contributed by atoms with Gasteiger partial charge in [0.05, 0.1) is 24.4 Å². The van der Waals surface area contributed by atoms with Crippen molar-refractivity contribution >= 4 is 22.7 Å². The number of hydrogen-bond donors (Lipinski definition) is 4. The first-order valence-corrected chi connectivity index (χ1v) is 9.30. The lowest BCUT2D eigenvalue weighted by molar-refractivity contribution is 0.373. The number of nitrogens with one attached hydrogen (secondary N) is 3. The minimum Gasteiger partial charge on any atom is -0.504 e. The number of para-hydroxylation sites is 1. The highest BCUT2D eigenvalue weighted by molar-refractivity contribution is 6.03. The third-order valence-electron chi connectivity index (χ3n) is 4.82. The Labute approximate surface area is 171 Å². The Kier molecular flexibility index (Phi) is 4.29. The van der Waals surface area contributed by atoms with Crippen LogP contribution < -0.4 is 10.1 Å². The summed E-state index contributed by atoms with van der Waals surface area (Å²) in [6.45, 7) is 0. The molecule has 3 aromatic heterocycles. The third kappa shape index (κ3) is 3.10. The molecule has 148 valence electrons. The topological polar surface area (TPSA) is 112 Å². The number of hydrogen-bond acceptors (Lipinski definition) is 6. The highest BCUT2D eigenvalue weighted by atomic mass is 16.5. The Hall–Kier alpha value is -4.33. The van der Waals surface area contributed by atoms with Crippen LogP contribution in [0.4, 0.5) is 11.6 Å². The van der Waals surface area contributed by atoms with Gasteiger partial charge in [0.1, 0.15) is 5.65 Å². The zero-order valence-corrected chi connectivity index (χ0v) is 16.0. The van der Waals surface area contributed by atoms with E-state index in [9.17, 15) is 5.11 Å². The Balaban J connectivity index is 1.69. The van der Waals surface area contributed by atoms with Gasteiger partial charge in [0, 0.05) is 29.2 Å². The maximum atomic E-state index is 9.95. The van der Waals surface area contributed by atoms with Crippen molar-refractivity contribution in [3.05, 3.63) is 67.1 Å². The molecule has 0 saturated heterocycles. The van der Waals surface area contributed by atoms with Crippen molar-refractivity contribution in [1.82, 2.24) is 25.1 Å². The molecule has 4 N–H and O–H groups in total. The Morgan fingerprint density at radius 2 is 1.87 bits per heavy atom. The van der Waals surface area contributed by atoms with Crippen LogP contribution in [0.25, 0.3) is 33.4 Å². The van der Waals surface area contributed by atoms with Crippen LogP contribution in [-0.4, -0.2) is 37.4 Å². The molecule has 0 radical (unpaired) electrons. The summed E-state index contributed by atoms with van der Waals surface area (Å²) in [5, 5.41) is 21.0. The maximum Gasteiger partial charge on any atom is 0.229 e. The molecule has 0 amide bonds. The van der Waals surface area contributed by atoms with Gasteiger partial charge >= 0.3 is 0 Å². The molecule has 0 atom stereocenters. The summed E-state index contributed by atoms with van der Waals surface area (Å²) in [6, 6.07) is 15.0. The number of rotatable bonds is 5. The third-order valence-corrected chi connectivity index (χ3v) is 4.82. The van der Waals surface area contributed by atoms with Crippen molar-refractivity contribution in [2.45, 2.75) is 0 Å². The number of aromatic amines is 2.